The van der Waals surface area contributed by atoms with Crippen LogP contribution in [0.2, 0.25) is 0 Å². The Kier molecular flexibility index (Phi) is 5.50. The van der Waals surface area contributed by atoms with Crippen LogP contribution in [-0.2, 0) is 10.0 Å². The third kappa shape index (κ3) is 3.39. The Morgan fingerprint density at radius 2 is 2.04 bits per heavy atom. The molecule has 0 aliphatic carbocycles. The van der Waals surface area contributed by atoms with Crippen LogP contribution in [0.3, 0.4) is 0 Å². The van der Waals surface area contributed by atoms with Gasteiger partial charge in [-0.2, -0.15) is 4.31 Å². The summed E-state index contributed by atoms with van der Waals surface area (Å²) in [6.07, 6.45) is 1.89. The Morgan fingerprint density at radius 3 is 2.67 bits per heavy atom. The van der Waals surface area contributed by atoms with Gasteiger partial charge in [0.25, 0.3) is 15.7 Å². The minimum Gasteiger partial charge on any atom is -0.388 e. The maximum atomic E-state index is 12.9. The molecule has 2 rings (SSSR count). The van der Waals surface area contributed by atoms with E-state index in [-0.39, 0.29) is 6.54 Å². The first-order valence-electron chi connectivity index (χ1n) is 7.21. The lowest BCUT2D eigenvalue weighted by Crippen LogP contribution is -2.51. The molecule has 130 valence electrons. The summed E-state index contributed by atoms with van der Waals surface area (Å²) in [5.74, 6) is 0. The Bertz CT molecular complexity index is 761. The topological polar surface area (TPSA) is 121 Å². The molecule has 1 aliphatic rings. The van der Waals surface area contributed by atoms with Crippen LogP contribution in [0.25, 0.3) is 0 Å². The van der Waals surface area contributed by atoms with Gasteiger partial charge >= 0.3 is 0 Å². The molecule has 1 heterocycles. The molecule has 0 spiro atoms. The number of nitrogens with zero attached hydrogens (tertiary/aromatic N) is 2. The van der Waals surface area contributed by atoms with E-state index in [0.29, 0.717) is 6.42 Å². The molecule has 0 radical (unpaired) electrons. The molecular formula is C15H18N2O6S. The molecule has 0 aromatic heterocycles. The van der Waals surface area contributed by atoms with E-state index >= 15 is 0 Å². The summed E-state index contributed by atoms with van der Waals surface area (Å²) >= 11 is 0. The van der Waals surface area contributed by atoms with Crippen LogP contribution in [0.5, 0.6) is 0 Å². The second-order valence-corrected chi connectivity index (χ2v) is 7.12. The van der Waals surface area contributed by atoms with Gasteiger partial charge in [-0.25, -0.2) is 8.42 Å². The summed E-state index contributed by atoms with van der Waals surface area (Å²) in [6.45, 7) is 3.41. The van der Waals surface area contributed by atoms with Crippen LogP contribution in [0.15, 0.2) is 54.0 Å². The number of aliphatic hydroxyl groups is 2. The van der Waals surface area contributed by atoms with Crippen LogP contribution < -0.4 is 0 Å². The van der Waals surface area contributed by atoms with Crippen LogP contribution in [0.1, 0.15) is 6.42 Å². The second-order valence-electron chi connectivity index (χ2n) is 5.26. The van der Waals surface area contributed by atoms with Crippen molar-refractivity contribution in [3.05, 3.63) is 59.2 Å². The summed E-state index contributed by atoms with van der Waals surface area (Å²) in [6, 6.07) is 3.98. The number of nitro benzene ring substituents is 1. The first-order chi connectivity index (χ1) is 11.3. The van der Waals surface area contributed by atoms with Gasteiger partial charge in [-0.05, 0) is 12.5 Å². The average Bonchev–Trinajstić information content (AvgIpc) is 2.60. The fraction of sp³-hybridized carbons (Fsp3) is 0.333. The smallest absolute Gasteiger partial charge is 0.289 e. The molecular weight excluding hydrogens is 336 g/mol. The molecule has 1 aromatic rings. The van der Waals surface area contributed by atoms with Crippen molar-refractivity contribution in [2.75, 3.05) is 6.54 Å². The van der Waals surface area contributed by atoms with Gasteiger partial charge in [-0.3, -0.25) is 10.1 Å². The van der Waals surface area contributed by atoms with Crippen molar-refractivity contribution in [3.8, 4) is 0 Å². The van der Waals surface area contributed by atoms with Crippen LogP contribution in [0.4, 0.5) is 5.69 Å². The number of rotatable bonds is 6. The van der Waals surface area contributed by atoms with Crippen molar-refractivity contribution < 1.29 is 23.6 Å². The zero-order valence-electron chi connectivity index (χ0n) is 12.7. The molecule has 0 saturated heterocycles. The molecule has 24 heavy (non-hydrogen) atoms. The molecule has 0 amide bonds. The Morgan fingerprint density at radius 1 is 1.38 bits per heavy atom. The van der Waals surface area contributed by atoms with Crippen molar-refractivity contribution in [1.82, 2.24) is 4.31 Å². The number of sulfonamides is 1. The SMILES string of the molecule is C=C[C@@H](O)[C@@H](O)[C@H]1C=CCCN1S(=O)(=O)c1ccccc1[N+](=O)[O-]. The van der Waals surface area contributed by atoms with Crippen molar-refractivity contribution in [1.29, 1.82) is 0 Å². The van der Waals surface area contributed by atoms with Crippen molar-refractivity contribution >= 4 is 15.7 Å². The lowest BCUT2D eigenvalue weighted by atomic mass is 10.0. The lowest BCUT2D eigenvalue weighted by Gasteiger charge is -2.35. The standard InChI is InChI=1S/C15H18N2O6S/c1-2-13(18)15(19)12-8-5-6-10-16(12)24(22,23)14-9-4-3-7-11(14)17(20)21/h2-5,7-9,12-13,15,18-19H,1,6,10H2/t12-,13-,15+/m1/s1. The maximum absolute atomic E-state index is 12.9. The molecule has 0 unspecified atom stereocenters. The number of aliphatic hydroxyl groups excluding tert-OH is 2. The Balaban J connectivity index is 2.49. The van der Waals surface area contributed by atoms with Gasteiger partial charge < -0.3 is 10.2 Å². The monoisotopic (exact) mass is 354 g/mol. The maximum Gasteiger partial charge on any atom is 0.289 e. The highest BCUT2D eigenvalue weighted by molar-refractivity contribution is 7.89. The summed E-state index contributed by atoms with van der Waals surface area (Å²) < 4.78 is 26.8. The molecule has 9 heteroatoms. The van der Waals surface area contributed by atoms with Gasteiger partial charge in [-0.15, -0.1) is 6.58 Å². The molecule has 3 atom stereocenters. The van der Waals surface area contributed by atoms with Gasteiger partial charge in [0.2, 0.25) is 0 Å². The van der Waals surface area contributed by atoms with Crippen LogP contribution >= 0.6 is 0 Å². The van der Waals surface area contributed by atoms with Gasteiger partial charge in [0, 0.05) is 12.6 Å². The third-order valence-electron chi connectivity index (χ3n) is 3.77. The fourth-order valence-corrected chi connectivity index (χ4v) is 4.31. The van der Waals surface area contributed by atoms with Crippen molar-refractivity contribution in [2.45, 2.75) is 29.6 Å². The van der Waals surface area contributed by atoms with E-state index in [1.165, 1.54) is 18.2 Å². The van der Waals surface area contributed by atoms with Gasteiger partial charge in [0.05, 0.1) is 17.1 Å². The van der Waals surface area contributed by atoms with E-state index in [1.807, 2.05) is 0 Å². The number of nitro groups is 1. The Hall–Kier alpha value is -2.07. The predicted octanol–water partition coefficient (Wildman–Crippen LogP) is 0.822. The summed E-state index contributed by atoms with van der Waals surface area (Å²) in [7, 11) is -4.24. The number of para-hydroxylation sites is 1. The first kappa shape index (κ1) is 18.3. The van der Waals surface area contributed by atoms with E-state index in [1.54, 1.807) is 6.08 Å². The lowest BCUT2D eigenvalue weighted by molar-refractivity contribution is -0.387. The second kappa shape index (κ2) is 7.22. The van der Waals surface area contributed by atoms with Crippen LogP contribution in [0, 0.1) is 10.1 Å². The molecule has 0 bridgehead atoms. The molecule has 0 fully saturated rings. The van der Waals surface area contributed by atoms with Crippen LogP contribution in [-0.4, -0.2) is 52.7 Å². The molecule has 0 saturated carbocycles. The molecule has 8 nitrogen and oxygen atoms in total. The number of benzene rings is 1. The largest absolute Gasteiger partial charge is 0.388 e. The van der Waals surface area contributed by atoms with E-state index in [0.717, 1.165) is 22.5 Å². The average molecular weight is 354 g/mol. The minimum atomic E-state index is -4.24. The van der Waals surface area contributed by atoms with Crippen molar-refractivity contribution in [2.24, 2.45) is 0 Å². The first-order valence-corrected chi connectivity index (χ1v) is 8.65. The number of hydrogen-bond donors (Lipinski definition) is 2. The molecule has 1 aliphatic heterocycles. The molecule has 1 aromatic carbocycles. The highest BCUT2D eigenvalue weighted by Gasteiger charge is 2.39. The van der Waals surface area contributed by atoms with E-state index in [2.05, 4.69) is 6.58 Å². The zero-order chi connectivity index (χ0) is 17.9. The van der Waals surface area contributed by atoms with Gasteiger partial charge in [0.15, 0.2) is 4.90 Å². The summed E-state index contributed by atoms with van der Waals surface area (Å²) in [4.78, 5) is 9.91. The third-order valence-corrected chi connectivity index (χ3v) is 5.72. The molecule has 2 N–H and O–H groups in total. The minimum absolute atomic E-state index is 0.0382. The quantitative estimate of drug-likeness (QED) is 0.443. The number of hydrogen-bond acceptors (Lipinski definition) is 6. The van der Waals surface area contributed by atoms with Gasteiger partial charge in [0.1, 0.15) is 6.10 Å². The Labute approximate surface area is 139 Å². The summed E-state index contributed by atoms with van der Waals surface area (Å²) in [5.41, 5.74) is -0.537. The van der Waals surface area contributed by atoms with Gasteiger partial charge in [-0.1, -0.05) is 30.4 Å². The highest BCUT2D eigenvalue weighted by atomic mass is 32.2. The highest BCUT2D eigenvalue weighted by Crippen LogP contribution is 2.30. The predicted molar refractivity (Wildman–Crippen MR) is 86.7 cm³/mol. The van der Waals surface area contributed by atoms with E-state index < -0.39 is 43.8 Å². The van der Waals surface area contributed by atoms with E-state index in [9.17, 15) is 28.7 Å². The normalized spacial score (nSPS) is 21.2. The fourth-order valence-electron chi connectivity index (χ4n) is 2.54. The van der Waals surface area contributed by atoms with Crippen molar-refractivity contribution in [3.63, 3.8) is 0 Å². The zero-order valence-corrected chi connectivity index (χ0v) is 13.5. The van der Waals surface area contributed by atoms with E-state index in [4.69, 9.17) is 0 Å². The summed E-state index contributed by atoms with van der Waals surface area (Å²) in [5, 5.41) is 31.1.